The molecule has 166 valence electrons. The first-order chi connectivity index (χ1) is 15.5. The highest BCUT2D eigenvalue weighted by Gasteiger charge is 2.19. The maximum atomic E-state index is 14.0. The molecule has 3 rings (SSSR count). The maximum absolute atomic E-state index is 14.0. The van der Waals surface area contributed by atoms with Crippen LogP contribution in [0, 0.1) is 17.1 Å². The maximum Gasteiger partial charge on any atom is 0.268 e. The molecule has 1 aromatic carbocycles. The number of aromatic nitrogens is 2. The Hall–Kier alpha value is -3.35. The minimum absolute atomic E-state index is 0.00178. The summed E-state index contributed by atoms with van der Waals surface area (Å²) in [7, 11) is 1.55. The van der Waals surface area contributed by atoms with Gasteiger partial charge < -0.3 is 14.0 Å². The van der Waals surface area contributed by atoms with Crippen molar-refractivity contribution in [1.29, 1.82) is 5.26 Å². The van der Waals surface area contributed by atoms with Crippen LogP contribution in [-0.2, 0) is 24.3 Å². The number of benzene rings is 1. The van der Waals surface area contributed by atoms with Gasteiger partial charge in [-0.3, -0.25) is 9.59 Å². The van der Waals surface area contributed by atoms with Gasteiger partial charge in [0, 0.05) is 37.4 Å². The fraction of sp³-hybridized carbons (Fsp3) is 0.304. The highest BCUT2D eigenvalue weighted by atomic mass is 32.1. The summed E-state index contributed by atoms with van der Waals surface area (Å²) < 4.78 is 26.1. The third-order valence-corrected chi connectivity index (χ3v) is 5.72. The Kier molecular flexibility index (Phi) is 7.87. The van der Waals surface area contributed by atoms with Gasteiger partial charge in [-0.25, -0.2) is 9.37 Å². The lowest BCUT2D eigenvalue weighted by molar-refractivity contribution is 0.103. The van der Waals surface area contributed by atoms with Crippen molar-refractivity contribution >= 4 is 17.1 Å². The van der Waals surface area contributed by atoms with E-state index in [-0.39, 0.29) is 35.6 Å². The first kappa shape index (κ1) is 23.3. The molecule has 0 bridgehead atoms. The molecule has 0 atom stereocenters. The van der Waals surface area contributed by atoms with Crippen molar-refractivity contribution in [3.8, 4) is 11.8 Å². The van der Waals surface area contributed by atoms with Gasteiger partial charge >= 0.3 is 0 Å². The van der Waals surface area contributed by atoms with Crippen LogP contribution in [0.2, 0.25) is 0 Å². The topological polar surface area (TPSA) is 94.2 Å². The number of nitrogens with zero attached hydrogens (tertiary/aromatic N) is 3. The van der Waals surface area contributed by atoms with Crippen LogP contribution < -0.4 is 10.3 Å². The van der Waals surface area contributed by atoms with Crippen molar-refractivity contribution in [3.05, 3.63) is 79.4 Å². The largest absolute Gasteiger partial charge is 0.486 e. The van der Waals surface area contributed by atoms with E-state index in [2.05, 4.69) is 4.98 Å². The summed E-state index contributed by atoms with van der Waals surface area (Å²) in [6, 6.07) is 6.72. The smallest absolute Gasteiger partial charge is 0.268 e. The van der Waals surface area contributed by atoms with Crippen molar-refractivity contribution in [2.75, 3.05) is 13.7 Å². The second-order valence-electron chi connectivity index (χ2n) is 6.94. The van der Waals surface area contributed by atoms with Crippen LogP contribution >= 0.6 is 11.3 Å². The van der Waals surface area contributed by atoms with E-state index in [1.165, 1.54) is 40.3 Å². The molecule has 3 aromatic rings. The quantitative estimate of drug-likeness (QED) is 0.342. The molecule has 0 saturated carbocycles. The van der Waals surface area contributed by atoms with Crippen LogP contribution in [0.25, 0.3) is 0 Å². The number of pyridine rings is 1. The molecule has 32 heavy (non-hydrogen) atoms. The lowest BCUT2D eigenvalue weighted by atomic mass is 10.0. The number of methoxy groups -OCH3 is 1. The van der Waals surface area contributed by atoms with Crippen molar-refractivity contribution in [2.24, 2.45) is 0 Å². The molecular weight excluding hydrogens is 433 g/mol. The molecule has 7 nitrogen and oxygen atoms in total. The van der Waals surface area contributed by atoms with Crippen LogP contribution in [0.15, 0.2) is 40.6 Å². The van der Waals surface area contributed by atoms with Gasteiger partial charge in [0.1, 0.15) is 29.8 Å². The average Bonchev–Trinajstić information content (AvgIpc) is 3.27. The molecule has 2 heterocycles. The zero-order valence-corrected chi connectivity index (χ0v) is 18.6. The highest BCUT2D eigenvalue weighted by Crippen LogP contribution is 2.24. The monoisotopic (exact) mass is 455 g/mol. The minimum atomic E-state index is -0.600. The number of ketones is 1. The molecule has 0 aliphatic carbocycles. The van der Waals surface area contributed by atoms with Gasteiger partial charge in [0.2, 0.25) is 0 Å². The molecule has 0 N–H and O–H groups in total. The Morgan fingerprint density at radius 1 is 1.34 bits per heavy atom. The summed E-state index contributed by atoms with van der Waals surface area (Å²) >= 11 is 1.52. The van der Waals surface area contributed by atoms with Crippen molar-refractivity contribution in [1.82, 2.24) is 9.55 Å². The fourth-order valence-corrected chi connectivity index (χ4v) is 3.81. The van der Waals surface area contributed by atoms with Gasteiger partial charge in [0.15, 0.2) is 5.78 Å². The number of nitriles is 1. The van der Waals surface area contributed by atoms with Crippen LogP contribution in [0.3, 0.4) is 0 Å². The zero-order chi connectivity index (χ0) is 23.1. The predicted molar refractivity (Wildman–Crippen MR) is 118 cm³/mol. The number of rotatable bonds is 10. The third kappa shape index (κ3) is 5.46. The first-order valence-electron chi connectivity index (χ1n) is 10.0. The van der Waals surface area contributed by atoms with E-state index < -0.39 is 17.2 Å². The molecule has 9 heteroatoms. The van der Waals surface area contributed by atoms with Crippen molar-refractivity contribution < 1.29 is 18.7 Å². The molecule has 0 saturated heterocycles. The molecule has 0 unspecified atom stereocenters. The van der Waals surface area contributed by atoms with Gasteiger partial charge in [0.25, 0.3) is 5.56 Å². The number of carbonyl (C=O) groups excluding carboxylic acids is 1. The van der Waals surface area contributed by atoms with Crippen molar-refractivity contribution in [2.45, 2.75) is 32.9 Å². The third-order valence-electron chi connectivity index (χ3n) is 4.68. The molecule has 2 aromatic heterocycles. The number of hydrogen-bond donors (Lipinski definition) is 0. The molecule has 0 radical (unpaired) electrons. The number of aryl methyl sites for hydroxylation is 2. The van der Waals surface area contributed by atoms with E-state index in [1.54, 1.807) is 7.11 Å². The van der Waals surface area contributed by atoms with Gasteiger partial charge in [-0.15, -0.1) is 11.3 Å². The summed E-state index contributed by atoms with van der Waals surface area (Å²) in [6.07, 6.45) is 2.72. The normalized spacial score (nSPS) is 10.7. The van der Waals surface area contributed by atoms with E-state index in [0.717, 1.165) is 17.5 Å². The molecule has 0 amide bonds. The Balaban J connectivity index is 1.92. The Bertz CT molecular complexity index is 1210. The van der Waals surface area contributed by atoms with E-state index in [4.69, 9.17) is 9.47 Å². The second kappa shape index (κ2) is 10.8. The summed E-state index contributed by atoms with van der Waals surface area (Å²) in [5.74, 6) is -0.960. The first-order valence-corrected chi connectivity index (χ1v) is 10.9. The lowest BCUT2D eigenvalue weighted by Crippen LogP contribution is -2.24. The lowest BCUT2D eigenvalue weighted by Gasteiger charge is -2.12. The molecule has 0 aliphatic rings. The summed E-state index contributed by atoms with van der Waals surface area (Å²) in [5.41, 5.74) is 0.152. The Morgan fingerprint density at radius 3 is 2.84 bits per heavy atom. The second-order valence-corrected chi connectivity index (χ2v) is 7.89. The molecule has 0 fully saturated rings. The number of hydrogen-bond acceptors (Lipinski definition) is 7. The highest BCUT2D eigenvalue weighted by molar-refractivity contribution is 7.09. The van der Waals surface area contributed by atoms with E-state index in [1.807, 2.05) is 18.4 Å². The SMILES string of the molecule is CCc1nc(COc2ccc(F)cc2C(=O)c2cc(C#N)c(=O)n(CCCOC)c2)cs1. The average molecular weight is 456 g/mol. The van der Waals surface area contributed by atoms with E-state index in [0.29, 0.717) is 18.7 Å². The van der Waals surface area contributed by atoms with E-state index >= 15 is 0 Å². The minimum Gasteiger partial charge on any atom is -0.486 e. The summed E-state index contributed by atoms with van der Waals surface area (Å²) in [5, 5.41) is 12.2. The van der Waals surface area contributed by atoms with Gasteiger partial charge in [-0.1, -0.05) is 6.92 Å². The van der Waals surface area contributed by atoms with Gasteiger partial charge in [-0.2, -0.15) is 5.26 Å². The van der Waals surface area contributed by atoms with Gasteiger partial charge in [0.05, 0.1) is 16.3 Å². The summed E-state index contributed by atoms with van der Waals surface area (Å²) in [6.45, 7) is 2.83. The number of thiazole rings is 1. The predicted octanol–water partition coefficient (Wildman–Crippen LogP) is 3.72. The number of carbonyl (C=O) groups is 1. The summed E-state index contributed by atoms with van der Waals surface area (Å²) in [4.78, 5) is 30.1. The molecular formula is C23H22FN3O4S. The van der Waals surface area contributed by atoms with Crippen LogP contribution in [-0.4, -0.2) is 29.1 Å². The van der Waals surface area contributed by atoms with E-state index in [9.17, 15) is 19.2 Å². The van der Waals surface area contributed by atoms with Crippen LogP contribution in [0.4, 0.5) is 4.39 Å². The van der Waals surface area contributed by atoms with Crippen LogP contribution in [0.5, 0.6) is 5.75 Å². The fourth-order valence-electron chi connectivity index (χ4n) is 3.08. The standard InChI is InChI=1S/C23H22FN3O4S/c1-3-21-26-18(14-32-21)13-31-20-6-5-17(24)10-19(20)22(28)16-9-15(11-25)23(29)27(12-16)7-4-8-30-2/h5-6,9-10,12,14H,3-4,7-8,13H2,1-2H3. The Labute approximate surface area is 188 Å². The van der Waals surface area contributed by atoms with Crippen molar-refractivity contribution in [3.63, 3.8) is 0 Å². The number of halogens is 1. The van der Waals surface area contributed by atoms with Crippen LogP contribution in [0.1, 0.15) is 45.5 Å². The number of ether oxygens (including phenoxy) is 2. The molecule has 0 spiro atoms. The molecule has 0 aliphatic heterocycles. The Morgan fingerprint density at radius 2 is 2.16 bits per heavy atom. The zero-order valence-electron chi connectivity index (χ0n) is 17.8. The van der Waals surface area contributed by atoms with Gasteiger partial charge in [-0.05, 0) is 37.1 Å².